The van der Waals surface area contributed by atoms with Crippen LogP contribution in [-0.2, 0) is 6.54 Å². The molecule has 4 rings (SSSR count). The molecule has 7 heteroatoms. The van der Waals surface area contributed by atoms with Crippen molar-refractivity contribution in [3.05, 3.63) is 86.4 Å². The van der Waals surface area contributed by atoms with Gasteiger partial charge in [-0.1, -0.05) is 45.4 Å². The van der Waals surface area contributed by atoms with Gasteiger partial charge in [0.25, 0.3) is 5.56 Å². The second-order valence-electron chi connectivity index (χ2n) is 6.54. The van der Waals surface area contributed by atoms with Gasteiger partial charge in [-0.25, -0.2) is 4.68 Å². The molecule has 0 atom stereocenters. The van der Waals surface area contributed by atoms with Crippen molar-refractivity contribution in [1.29, 1.82) is 0 Å². The summed E-state index contributed by atoms with van der Waals surface area (Å²) >= 11 is 3.45. The topological polar surface area (TPSA) is 73.8 Å². The molecule has 6 nitrogen and oxygen atoms in total. The summed E-state index contributed by atoms with van der Waals surface area (Å²) in [6.07, 6.45) is 0. The van der Waals surface area contributed by atoms with Gasteiger partial charge < -0.3 is 4.52 Å². The molecule has 2 aromatic carbocycles. The number of aryl methyl sites for hydroxylation is 2. The Bertz CT molecular complexity index is 1210. The number of benzene rings is 2. The number of nitrogens with zero attached hydrogens (tertiary/aromatic N) is 4. The van der Waals surface area contributed by atoms with Crippen LogP contribution in [0, 0.1) is 13.8 Å². The fraction of sp³-hybridized carbons (Fsp3) is 0.143. The number of halogens is 1. The van der Waals surface area contributed by atoms with E-state index < -0.39 is 0 Å². The van der Waals surface area contributed by atoms with Crippen LogP contribution in [-0.4, -0.2) is 19.9 Å². The van der Waals surface area contributed by atoms with E-state index in [9.17, 15) is 4.79 Å². The van der Waals surface area contributed by atoms with Crippen molar-refractivity contribution in [2.75, 3.05) is 0 Å². The smallest absolute Gasteiger partial charge is 0.267 e. The van der Waals surface area contributed by atoms with Crippen molar-refractivity contribution >= 4 is 15.9 Å². The van der Waals surface area contributed by atoms with Gasteiger partial charge >= 0.3 is 0 Å². The van der Waals surface area contributed by atoms with Crippen molar-refractivity contribution in [2.24, 2.45) is 0 Å². The van der Waals surface area contributed by atoms with Gasteiger partial charge in [0.2, 0.25) is 11.7 Å². The van der Waals surface area contributed by atoms with Crippen LogP contribution >= 0.6 is 15.9 Å². The lowest BCUT2D eigenvalue weighted by molar-refractivity contribution is 0.363. The standard InChI is InChI=1S/C21H17BrN4O2/c1-13-6-7-16(10-14(13)2)21-23-19(28-25-21)12-26-20(27)9-8-18(24-26)15-4-3-5-17(22)11-15/h3-11H,12H2,1-2H3. The molecule has 0 radical (unpaired) electrons. The summed E-state index contributed by atoms with van der Waals surface area (Å²) in [4.78, 5) is 16.7. The Balaban J connectivity index is 1.63. The fourth-order valence-electron chi connectivity index (χ4n) is 2.81. The van der Waals surface area contributed by atoms with Crippen LogP contribution in [0.4, 0.5) is 0 Å². The summed E-state index contributed by atoms with van der Waals surface area (Å²) in [5.74, 6) is 0.823. The first-order chi connectivity index (χ1) is 13.5. The van der Waals surface area contributed by atoms with Crippen molar-refractivity contribution in [1.82, 2.24) is 19.9 Å². The third-order valence-corrected chi connectivity index (χ3v) is 5.00. The van der Waals surface area contributed by atoms with E-state index in [0.717, 1.165) is 21.2 Å². The quantitative estimate of drug-likeness (QED) is 0.474. The summed E-state index contributed by atoms with van der Waals surface area (Å²) in [5, 5.41) is 8.48. The molecular weight excluding hydrogens is 420 g/mol. The minimum absolute atomic E-state index is 0.110. The molecule has 0 amide bonds. The van der Waals surface area contributed by atoms with E-state index in [0.29, 0.717) is 17.4 Å². The highest BCUT2D eigenvalue weighted by atomic mass is 79.9. The van der Waals surface area contributed by atoms with Crippen molar-refractivity contribution in [3.63, 3.8) is 0 Å². The molecule has 2 heterocycles. The zero-order valence-corrected chi connectivity index (χ0v) is 17.0. The normalized spacial score (nSPS) is 11.0. The number of rotatable bonds is 4. The van der Waals surface area contributed by atoms with E-state index in [1.54, 1.807) is 6.07 Å². The van der Waals surface area contributed by atoms with Gasteiger partial charge in [0.05, 0.1) is 5.69 Å². The first kappa shape index (κ1) is 18.3. The first-order valence-corrected chi connectivity index (χ1v) is 9.53. The lowest BCUT2D eigenvalue weighted by Gasteiger charge is -2.05. The number of aromatic nitrogens is 4. The Hall–Kier alpha value is -3.06. The predicted molar refractivity (Wildman–Crippen MR) is 110 cm³/mol. The van der Waals surface area contributed by atoms with E-state index in [4.69, 9.17) is 4.52 Å². The maximum absolute atomic E-state index is 12.2. The van der Waals surface area contributed by atoms with Gasteiger partial charge in [0, 0.05) is 21.7 Å². The minimum Gasteiger partial charge on any atom is -0.337 e. The Kier molecular flexibility index (Phi) is 4.92. The molecule has 140 valence electrons. The maximum atomic E-state index is 12.2. The van der Waals surface area contributed by atoms with Crippen LogP contribution in [0.1, 0.15) is 17.0 Å². The van der Waals surface area contributed by atoms with Crippen LogP contribution in [0.25, 0.3) is 22.6 Å². The zero-order chi connectivity index (χ0) is 19.7. The van der Waals surface area contributed by atoms with E-state index >= 15 is 0 Å². The number of hydrogen-bond donors (Lipinski definition) is 0. The lowest BCUT2D eigenvalue weighted by atomic mass is 10.1. The molecule has 0 N–H and O–H groups in total. The van der Waals surface area contributed by atoms with Crippen LogP contribution in [0.2, 0.25) is 0 Å². The third kappa shape index (κ3) is 3.80. The molecule has 0 bridgehead atoms. The lowest BCUT2D eigenvalue weighted by Crippen LogP contribution is -2.23. The molecular formula is C21H17BrN4O2. The van der Waals surface area contributed by atoms with E-state index in [1.165, 1.54) is 16.3 Å². The highest BCUT2D eigenvalue weighted by Gasteiger charge is 2.12. The minimum atomic E-state index is -0.232. The molecule has 0 unspecified atom stereocenters. The summed E-state index contributed by atoms with van der Waals surface area (Å²) in [6, 6.07) is 16.9. The molecule has 0 fully saturated rings. The second-order valence-corrected chi connectivity index (χ2v) is 7.45. The average molecular weight is 437 g/mol. The Morgan fingerprint density at radius 3 is 2.64 bits per heavy atom. The average Bonchev–Trinajstić information content (AvgIpc) is 3.14. The summed E-state index contributed by atoms with van der Waals surface area (Å²) < 4.78 is 7.62. The molecule has 28 heavy (non-hydrogen) atoms. The third-order valence-electron chi connectivity index (χ3n) is 4.51. The molecule has 0 saturated heterocycles. The Morgan fingerprint density at radius 2 is 1.86 bits per heavy atom. The summed E-state index contributed by atoms with van der Waals surface area (Å²) in [6.45, 7) is 4.20. The summed E-state index contributed by atoms with van der Waals surface area (Å²) in [5.41, 5.74) is 4.60. The van der Waals surface area contributed by atoms with Crippen molar-refractivity contribution < 1.29 is 4.52 Å². The van der Waals surface area contributed by atoms with Crippen LogP contribution in [0.5, 0.6) is 0 Å². The second kappa shape index (κ2) is 7.52. The SMILES string of the molecule is Cc1ccc(-c2noc(Cn3nc(-c4cccc(Br)c4)ccc3=O)n2)cc1C. The molecule has 2 aromatic heterocycles. The van der Waals surface area contributed by atoms with Gasteiger partial charge in [-0.3, -0.25) is 4.79 Å². The zero-order valence-electron chi connectivity index (χ0n) is 15.4. The van der Waals surface area contributed by atoms with Crippen LogP contribution in [0.15, 0.2) is 68.4 Å². The highest BCUT2D eigenvalue weighted by Crippen LogP contribution is 2.21. The number of hydrogen-bond acceptors (Lipinski definition) is 5. The van der Waals surface area contributed by atoms with Crippen LogP contribution < -0.4 is 5.56 Å². The first-order valence-electron chi connectivity index (χ1n) is 8.74. The molecule has 0 aliphatic heterocycles. The molecule has 0 saturated carbocycles. The highest BCUT2D eigenvalue weighted by molar-refractivity contribution is 9.10. The molecule has 0 aliphatic carbocycles. The largest absolute Gasteiger partial charge is 0.337 e. The Morgan fingerprint density at radius 1 is 1.00 bits per heavy atom. The van der Waals surface area contributed by atoms with Crippen molar-refractivity contribution in [2.45, 2.75) is 20.4 Å². The van der Waals surface area contributed by atoms with Gasteiger partial charge in [-0.15, -0.1) is 0 Å². The Labute approximate surface area is 170 Å². The summed E-state index contributed by atoms with van der Waals surface area (Å²) in [7, 11) is 0. The van der Waals surface area contributed by atoms with Gasteiger partial charge in [-0.2, -0.15) is 10.1 Å². The molecule has 0 aliphatic rings. The maximum Gasteiger partial charge on any atom is 0.267 e. The van der Waals surface area contributed by atoms with Crippen molar-refractivity contribution in [3.8, 4) is 22.6 Å². The fourth-order valence-corrected chi connectivity index (χ4v) is 3.21. The molecule has 0 spiro atoms. The van der Waals surface area contributed by atoms with E-state index in [1.807, 2.05) is 49.4 Å². The van der Waals surface area contributed by atoms with E-state index in [2.05, 4.69) is 38.1 Å². The van der Waals surface area contributed by atoms with E-state index in [-0.39, 0.29) is 12.1 Å². The molecule has 4 aromatic rings. The van der Waals surface area contributed by atoms with Gasteiger partial charge in [0.1, 0.15) is 6.54 Å². The predicted octanol–water partition coefficient (Wildman–Crippen LogP) is 4.39. The van der Waals surface area contributed by atoms with Crippen LogP contribution in [0.3, 0.4) is 0 Å². The monoisotopic (exact) mass is 436 g/mol. The van der Waals surface area contributed by atoms with Gasteiger partial charge in [-0.05, 0) is 49.2 Å². The van der Waals surface area contributed by atoms with Gasteiger partial charge in [0.15, 0.2) is 0 Å².